The van der Waals surface area contributed by atoms with E-state index in [0.29, 0.717) is 16.6 Å². The molecule has 0 aliphatic rings. The van der Waals surface area contributed by atoms with Crippen molar-refractivity contribution in [3.8, 4) is 0 Å². The molecule has 2 aromatic rings. The number of benzene rings is 1. The van der Waals surface area contributed by atoms with E-state index in [9.17, 15) is 9.18 Å². The van der Waals surface area contributed by atoms with Crippen molar-refractivity contribution >= 4 is 33.2 Å². The zero-order valence-corrected chi connectivity index (χ0v) is 12.1. The second kappa shape index (κ2) is 5.63. The summed E-state index contributed by atoms with van der Waals surface area (Å²) in [5, 5.41) is 1.96. The first-order valence-electron chi connectivity index (χ1n) is 5.31. The van der Waals surface area contributed by atoms with Crippen LogP contribution in [0.5, 0.6) is 0 Å². The smallest absolute Gasteiger partial charge is 0.255 e. The summed E-state index contributed by atoms with van der Waals surface area (Å²) in [6, 6.07) is 8.02. The molecular formula is C13H11BrFNOS. The summed E-state index contributed by atoms with van der Waals surface area (Å²) in [7, 11) is 1.71. The largest absolute Gasteiger partial charge is 0.337 e. The number of rotatable bonds is 3. The molecule has 0 unspecified atom stereocenters. The van der Waals surface area contributed by atoms with Gasteiger partial charge in [0.1, 0.15) is 5.82 Å². The lowest BCUT2D eigenvalue weighted by Gasteiger charge is -2.17. The predicted molar refractivity (Wildman–Crippen MR) is 74.2 cm³/mol. The molecule has 0 radical (unpaired) electrons. The van der Waals surface area contributed by atoms with Crippen molar-refractivity contribution in [1.29, 1.82) is 0 Å². The number of thiophene rings is 1. The Hall–Kier alpha value is -1.20. The first kappa shape index (κ1) is 13.2. The fraction of sp³-hybridized carbons (Fsp3) is 0.154. The summed E-state index contributed by atoms with van der Waals surface area (Å²) in [4.78, 5) is 14.8. The Balaban J connectivity index is 2.17. The van der Waals surface area contributed by atoms with Crippen molar-refractivity contribution in [2.45, 2.75) is 6.54 Å². The van der Waals surface area contributed by atoms with Crippen molar-refractivity contribution in [2.75, 3.05) is 7.05 Å². The Morgan fingerprint density at radius 3 is 2.89 bits per heavy atom. The van der Waals surface area contributed by atoms with Gasteiger partial charge in [-0.1, -0.05) is 6.07 Å². The molecule has 1 aromatic heterocycles. The van der Waals surface area contributed by atoms with Crippen LogP contribution in [-0.2, 0) is 6.54 Å². The first-order chi connectivity index (χ1) is 8.58. The molecule has 1 amide bonds. The molecule has 0 saturated carbocycles. The van der Waals surface area contributed by atoms with Gasteiger partial charge in [-0.3, -0.25) is 4.79 Å². The van der Waals surface area contributed by atoms with Crippen LogP contribution in [-0.4, -0.2) is 17.9 Å². The highest BCUT2D eigenvalue weighted by molar-refractivity contribution is 9.10. The quantitative estimate of drug-likeness (QED) is 0.836. The number of hydrogen-bond acceptors (Lipinski definition) is 2. The fourth-order valence-corrected chi connectivity index (χ4v) is 2.75. The van der Waals surface area contributed by atoms with Gasteiger partial charge in [0.05, 0.1) is 12.1 Å². The van der Waals surface area contributed by atoms with E-state index in [1.165, 1.54) is 12.1 Å². The molecule has 1 heterocycles. The molecule has 0 atom stereocenters. The lowest BCUT2D eigenvalue weighted by Crippen LogP contribution is -2.26. The topological polar surface area (TPSA) is 20.3 Å². The van der Waals surface area contributed by atoms with E-state index < -0.39 is 5.82 Å². The van der Waals surface area contributed by atoms with Gasteiger partial charge in [-0.15, -0.1) is 11.3 Å². The van der Waals surface area contributed by atoms with Crippen molar-refractivity contribution in [2.24, 2.45) is 0 Å². The first-order valence-corrected chi connectivity index (χ1v) is 6.98. The van der Waals surface area contributed by atoms with Crippen LogP contribution in [0, 0.1) is 5.82 Å². The van der Waals surface area contributed by atoms with Crippen LogP contribution in [0.2, 0.25) is 0 Å². The van der Waals surface area contributed by atoms with E-state index in [-0.39, 0.29) is 5.91 Å². The van der Waals surface area contributed by atoms with Crippen LogP contribution in [0.15, 0.2) is 40.2 Å². The van der Waals surface area contributed by atoms with E-state index in [2.05, 4.69) is 15.9 Å². The van der Waals surface area contributed by atoms with E-state index in [4.69, 9.17) is 0 Å². The molecule has 0 saturated heterocycles. The molecule has 2 nitrogen and oxygen atoms in total. The molecule has 0 fully saturated rings. The number of carbonyl (C=O) groups excluding carboxylic acids is 1. The van der Waals surface area contributed by atoms with Crippen LogP contribution < -0.4 is 0 Å². The van der Waals surface area contributed by atoms with Crippen molar-refractivity contribution in [3.05, 3.63) is 56.4 Å². The Morgan fingerprint density at radius 2 is 2.22 bits per heavy atom. The van der Waals surface area contributed by atoms with E-state index in [1.54, 1.807) is 29.4 Å². The van der Waals surface area contributed by atoms with Gasteiger partial charge >= 0.3 is 0 Å². The van der Waals surface area contributed by atoms with E-state index >= 15 is 0 Å². The molecule has 0 N–H and O–H groups in total. The highest BCUT2D eigenvalue weighted by atomic mass is 79.9. The summed E-state index contributed by atoms with van der Waals surface area (Å²) in [5.41, 5.74) is 0.342. The standard InChI is InChI=1S/C13H11BrFNOS/c1-16(8-10-3-2-6-18-10)13(17)11-7-9(15)4-5-12(11)14/h2-7H,8H2,1H3. The summed E-state index contributed by atoms with van der Waals surface area (Å²) in [6.45, 7) is 0.527. The molecule has 94 valence electrons. The molecule has 0 aliphatic heterocycles. The van der Waals surface area contributed by atoms with Gasteiger partial charge in [-0.2, -0.15) is 0 Å². The van der Waals surface area contributed by atoms with Crippen LogP contribution >= 0.6 is 27.3 Å². The molecule has 2 rings (SSSR count). The Bertz CT molecular complexity index is 556. The van der Waals surface area contributed by atoms with Crippen molar-refractivity contribution in [1.82, 2.24) is 4.90 Å². The average Bonchev–Trinajstić information content (AvgIpc) is 2.84. The van der Waals surface area contributed by atoms with Gasteiger partial charge < -0.3 is 4.90 Å². The highest BCUT2D eigenvalue weighted by Gasteiger charge is 2.16. The number of carbonyl (C=O) groups is 1. The summed E-state index contributed by atoms with van der Waals surface area (Å²) >= 11 is 4.86. The maximum Gasteiger partial charge on any atom is 0.255 e. The minimum atomic E-state index is -0.411. The number of hydrogen-bond donors (Lipinski definition) is 0. The van der Waals surface area contributed by atoms with Crippen LogP contribution in [0.1, 0.15) is 15.2 Å². The molecule has 0 spiro atoms. The summed E-state index contributed by atoms with van der Waals surface area (Å²) in [5.74, 6) is -0.610. The minimum Gasteiger partial charge on any atom is -0.337 e. The highest BCUT2D eigenvalue weighted by Crippen LogP contribution is 2.20. The summed E-state index contributed by atoms with van der Waals surface area (Å²) in [6.07, 6.45) is 0. The van der Waals surface area contributed by atoms with Crippen molar-refractivity contribution < 1.29 is 9.18 Å². The number of halogens is 2. The van der Waals surface area contributed by atoms with Gasteiger partial charge in [-0.25, -0.2) is 4.39 Å². The molecule has 5 heteroatoms. The van der Waals surface area contributed by atoms with Gasteiger partial charge in [0.25, 0.3) is 5.91 Å². The van der Waals surface area contributed by atoms with Gasteiger partial charge in [0.15, 0.2) is 0 Å². The SMILES string of the molecule is CN(Cc1cccs1)C(=O)c1cc(F)ccc1Br. The Morgan fingerprint density at radius 1 is 1.44 bits per heavy atom. The molecule has 18 heavy (non-hydrogen) atoms. The third kappa shape index (κ3) is 2.97. The molecule has 0 bridgehead atoms. The number of nitrogens with zero attached hydrogens (tertiary/aromatic N) is 1. The normalized spacial score (nSPS) is 10.4. The molecule has 1 aromatic carbocycles. The van der Waals surface area contributed by atoms with Crippen molar-refractivity contribution in [3.63, 3.8) is 0 Å². The second-order valence-corrected chi connectivity index (χ2v) is 5.75. The van der Waals surface area contributed by atoms with Crippen LogP contribution in [0.4, 0.5) is 4.39 Å². The zero-order valence-electron chi connectivity index (χ0n) is 9.69. The average molecular weight is 328 g/mol. The maximum absolute atomic E-state index is 13.2. The van der Waals surface area contributed by atoms with Gasteiger partial charge in [0, 0.05) is 16.4 Å². The van der Waals surface area contributed by atoms with Crippen LogP contribution in [0.25, 0.3) is 0 Å². The monoisotopic (exact) mass is 327 g/mol. The lowest BCUT2D eigenvalue weighted by molar-refractivity contribution is 0.0785. The molecule has 0 aliphatic carbocycles. The minimum absolute atomic E-state index is 0.199. The van der Waals surface area contributed by atoms with E-state index in [1.807, 2.05) is 17.5 Å². The maximum atomic E-state index is 13.2. The fourth-order valence-electron chi connectivity index (χ4n) is 1.58. The Labute approximate surface area is 117 Å². The van der Waals surface area contributed by atoms with Gasteiger partial charge in [-0.05, 0) is 45.6 Å². The molecular weight excluding hydrogens is 317 g/mol. The number of amides is 1. The third-order valence-electron chi connectivity index (χ3n) is 2.48. The second-order valence-electron chi connectivity index (χ2n) is 3.86. The lowest BCUT2D eigenvalue weighted by atomic mass is 10.2. The Kier molecular flexibility index (Phi) is 4.14. The van der Waals surface area contributed by atoms with E-state index in [0.717, 1.165) is 4.88 Å². The third-order valence-corrected chi connectivity index (χ3v) is 4.03. The predicted octanol–water partition coefficient (Wildman–Crippen LogP) is 3.92. The van der Waals surface area contributed by atoms with Crippen LogP contribution in [0.3, 0.4) is 0 Å². The zero-order chi connectivity index (χ0) is 13.1. The van der Waals surface area contributed by atoms with Gasteiger partial charge in [0.2, 0.25) is 0 Å². The summed E-state index contributed by atoms with van der Waals surface area (Å²) < 4.78 is 13.8.